The number of anilines is 2. The number of aryl methyl sites for hydroxylation is 1. The maximum Gasteiger partial charge on any atom is 0.324 e. The summed E-state index contributed by atoms with van der Waals surface area (Å²) in [4.78, 5) is 15.4. The van der Waals surface area contributed by atoms with Gasteiger partial charge in [-0.2, -0.15) is 5.10 Å². The summed E-state index contributed by atoms with van der Waals surface area (Å²) in [5.41, 5.74) is 1.59. The molecule has 4 rings (SSSR count). The van der Waals surface area contributed by atoms with Crippen molar-refractivity contribution in [2.45, 2.75) is 52.5 Å². The van der Waals surface area contributed by atoms with Gasteiger partial charge in [0.25, 0.3) is 0 Å². The van der Waals surface area contributed by atoms with Crippen LogP contribution in [0.5, 0.6) is 5.75 Å². The number of urea groups is 1. The fourth-order valence-corrected chi connectivity index (χ4v) is 4.25. The van der Waals surface area contributed by atoms with Crippen LogP contribution in [0.15, 0.2) is 42.5 Å². The number of nitrogens with zero attached hydrogens (tertiary/aromatic N) is 3. The van der Waals surface area contributed by atoms with Crippen LogP contribution in [-0.4, -0.2) is 60.2 Å². The molecule has 0 aliphatic carbocycles. The van der Waals surface area contributed by atoms with E-state index in [2.05, 4.69) is 43.2 Å². The first-order valence-corrected chi connectivity index (χ1v) is 13.0. The number of rotatable bonds is 9. The SMILES string of the molecule is CCCCn1nc(C(C)(C)C)cc1NC(=O)Nc1ccc(OCCN2CCOCC2)c2ccccc12. The highest BCUT2D eigenvalue weighted by atomic mass is 16.5. The molecule has 0 atom stereocenters. The first-order chi connectivity index (χ1) is 17.3. The molecule has 0 saturated carbocycles. The highest BCUT2D eigenvalue weighted by molar-refractivity contribution is 6.07. The summed E-state index contributed by atoms with van der Waals surface area (Å²) in [7, 11) is 0. The molecule has 0 spiro atoms. The molecule has 1 fully saturated rings. The molecule has 8 heteroatoms. The van der Waals surface area contributed by atoms with Crippen LogP contribution in [0.3, 0.4) is 0 Å². The van der Waals surface area contributed by atoms with E-state index in [9.17, 15) is 4.79 Å². The Morgan fingerprint density at radius 2 is 1.81 bits per heavy atom. The summed E-state index contributed by atoms with van der Waals surface area (Å²) in [5, 5.41) is 12.7. The number of nitrogens with one attached hydrogen (secondary N) is 2. The van der Waals surface area contributed by atoms with Crippen LogP contribution in [-0.2, 0) is 16.7 Å². The van der Waals surface area contributed by atoms with Gasteiger partial charge in [0.05, 0.1) is 24.6 Å². The average Bonchev–Trinajstić information content (AvgIpc) is 3.27. The van der Waals surface area contributed by atoms with Crippen molar-refractivity contribution in [1.82, 2.24) is 14.7 Å². The summed E-state index contributed by atoms with van der Waals surface area (Å²) in [6.45, 7) is 14.2. The summed E-state index contributed by atoms with van der Waals surface area (Å²) in [6.07, 6.45) is 2.06. The van der Waals surface area contributed by atoms with Gasteiger partial charge in [-0.15, -0.1) is 0 Å². The Morgan fingerprint density at radius 1 is 1.06 bits per heavy atom. The number of unbranched alkanes of at least 4 members (excludes halogenated alkanes) is 1. The largest absolute Gasteiger partial charge is 0.492 e. The van der Waals surface area contributed by atoms with Crippen LogP contribution in [0.4, 0.5) is 16.3 Å². The van der Waals surface area contributed by atoms with Crippen molar-refractivity contribution in [3.8, 4) is 5.75 Å². The zero-order chi connectivity index (χ0) is 25.5. The van der Waals surface area contributed by atoms with Gasteiger partial charge in [0.1, 0.15) is 18.2 Å². The second-order valence-corrected chi connectivity index (χ2v) is 10.3. The first kappa shape index (κ1) is 26.0. The molecule has 2 N–H and O–H groups in total. The zero-order valence-electron chi connectivity index (χ0n) is 22.0. The van der Waals surface area contributed by atoms with Gasteiger partial charge in [0.15, 0.2) is 0 Å². The second-order valence-electron chi connectivity index (χ2n) is 10.3. The van der Waals surface area contributed by atoms with E-state index in [0.29, 0.717) is 12.4 Å². The minimum Gasteiger partial charge on any atom is -0.492 e. The van der Waals surface area contributed by atoms with Gasteiger partial charge in [-0.3, -0.25) is 10.2 Å². The molecule has 0 unspecified atom stereocenters. The van der Waals surface area contributed by atoms with Crippen LogP contribution in [0.25, 0.3) is 10.8 Å². The van der Waals surface area contributed by atoms with Gasteiger partial charge < -0.3 is 14.8 Å². The van der Waals surface area contributed by atoms with Crippen molar-refractivity contribution in [2.75, 3.05) is 50.1 Å². The van der Waals surface area contributed by atoms with Crippen molar-refractivity contribution in [2.24, 2.45) is 0 Å². The Kier molecular flexibility index (Phi) is 8.48. The molecule has 2 amide bonds. The number of amides is 2. The second kappa shape index (κ2) is 11.8. The Hall–Kier alpha value is -3.10. The van der Waals surface area contributed by atoms with E-state index in [-0.39, 0.29) is 11.4 Å². The van der Waals surface area contributed by atoms with Crippen LogP contribution in [0.1, 0.15) is 46.2 Å². The molecule has 1 aromatic heterocycles. The number of fused-ring (bicyclic) bond motifs is 1. The summed E-state index contributed by atoms with van der Waals surface area (Å²) in [6, 6.07) is 13.5. The van der Waals surface area contributed by atoms with E-state index in [0.717, 1.165) is 80.1 Å². The molecular weight excluding hydrogens is 454 g/mol. The Labute approximate surface area is 213 Å². The Bertz CT molecular complexity index is 1160. The number of benzene rings is 2. The fraction of sp³-hybridized carbons (Fsp3) is 0.500. The molecule has 36 heavy (non-hydrogen) atoms. The van der Waals surface area contributed by atoms with E-state index in [1.807, 2.05) is 47.1 Å². The number of carbonyl (C=O) groups excluding carboxylic acids is 1. The van der Waals surface area contributed by atoms with Crippen molar-refractivity contribution in [1.29, 1.82) is 0 Å². The van der Waals surface area contributed by atoms with E-state index >= 15 is 0 Å². The lowest BCUT2D eigenvalue weighted by atomic mass is 9.92. The van der Waals surface area contributed by atoms with Gasteiger partial charge in [-0.05, 0) is 18.6 Å². The summed E-state index contributed by atoms with van der Waals surface area (Å²) >= 11 is 0. The van der Waals surface area contributed by atoms with Gasteiger partial charge >= 0.3 is 6.03 Å². The molecule has 3 aromatic rings. The number of hydrogen-bond donors (Lipinski definition) is 2. The number of hydrogen-bond acceptors (Lipinski definition) is 5. The Morgan fingerprint density at radius 3 is 2.53 bits per heavy atom. The predicted molar refractivity (Wildman–Crippen MR) is 145 cm³/mol. The average molecular weight is 494 g/mol. The molecule has 8 nitrogen and oxygen atoms in total. The van der Waals surface area contributed by atoms with Gasteiger partial charge in [-0.25, -0.2) is 9.48 Å². The monoisotopic (exact) mass is 493 g/mol. The lowest BCUT2D eigenvalue weighted by Crippen LogP contribution is -2.38. The zero-order valence-corrected chi connectivity index (χ0v) is 22.0. The molecular formula is C28H39N5O3. The third kappa shape index (κ3) is 6.56. The minimum atomic E-state index is -0.292. The highest BCUT2D eigenvalue weighted by Gasteiger charge is 2.21. The van der Waals surface area contributed by atoms with Gasteiger partial charge in [0.2, 0.25) is 0 Å². The summed E-state index contributed by atoms with van der Waals surface area (Å²) in [5.74, 6) is 1.52. The number of aromatic nitrogens is 2. The molecule has 1 aliphatic rings. The maximum atomic E-state index is 13.0. The standard InChI is InChI=1S/C28H39N5O3/c1-5-6-13-33-26(20-25(31-33)28(2,3)4)30-27(34)29-23-11-12-24(22-10-8-7-9-21(22)23)36-19-16-32-14-17-35-18-15-32/h7-12,20H,5-6,13-19H2,1-4H3,(H2,29,30,34). The molecule has 1 saturated heterocycles. The topological polar surface area (TPSA) is 80.7 Å². The van der Waals surface area contributed by atoms with E-state index in [1.165, 1.54) is 0 Å². The predicted octanol–water partition coefficient (Wildman–Crippen LogP) is 5.49. The maximum absolute atomic E-state index is 13.0. The van der Waals surface area contributed by atoms with E-state index in [4.69, 9.17) is 14.6 Å². The molecule has 0 radical (unpaired) electrons. The Balaban J connectivity index is 1.46. The van der Waals surface area contributed by atoms with Crippen LogP contribution in [0.2, 0.25) is 0 Å². The van der Waals surface area contributed by atoms with Crippen molar-refractivity contribution < 1.29 is 14.3 Å². The third-order valence-corrected chi connectivity index (χ3v) is 6.41. The number of ether oxygens (including phenoxy) is 2. The number of morpholine rings is 1. The van der Waals surface area contributed by atoms with Gasteiger partial charge in [-0.1, -0.05) is 58.4 Å². The third-order valence-electron chi connectivity index (χ3n) is 6.41. The van der Waals surface area contributed by atoms with Crippen LogP contribution in [0, 0.1) is 0 Å². The van der Waals surface area contributed by atoms with Crippen LogP contribution >= 0.6 is 0 Å². The molecule has 2 aromatic carbocycles. The molecule has 2 heterocycles. The lowest BCUT2D eigenvalue weighted by Gasteiger charge is -2.26. The van der Waals surface area contributed by atoms with E-state index in [1.54, 1.807) is 0 Å². The summed E-state index contributed by atoms with van der Waals surface area (Å²) < 4.78 is 13.5. The molecule has 194 valence electrons. The normalized spacial score (nSPS) is 14.7. The van der Waals surface area contributed by atoms with E-state index < -0.39 is 0 Å². The molecule has 1 aliphatic heterocycles. The lowest BCUT2D eigenvalue weighted by molar-refractivity contribution is 0.0323. The van der Waals surface area contributed by atoms with Crippen molar-refractivity contribution in [3.63, 3.8) is 0 Å². The quantitative estimate of drug-likeness (QED) is 0.412. The van der Waals surface area contributed by atoms with Crippen LogP contribution < -0.4 is 15.4 Å². The first-order valence-electron chi connectivity index (χ1n) is 13.0. The highest BCUT2D eigenvalue weighted by Crippen LogP contribution is 2.32. The van der Waals surface area contributed by atoms with Crippen molar-refractivity contribution in [3.05, 3.63) is 48.2 Å². The smallest absolute Gasteiger partial charge is 0.324 e. The fourth-order valence-electron chi connectivity index (χ4n) is 4.25. The molecule has 0 bridgehead atoms. The van der Waals surface area contributed by atoms with Crippen molar-refractivity contribution >= 4 is 28.3 Å². The van der Waals surface area contributed by atoms with Gasteiger partial charge in [0, 0.05) is 48.4 Å². The number of carbonyl (C=O) groups is 1. The minimum absolute atomic E-state index is 0.0990.